The number of pyridine rings is 1. The Morgan fingerprint density at radius 1 is 1.38 bits per heavy atom. The Balaban J connectivity index is 2.32. The lowest BCUT2D eigenvalue weighted by atomic mass is 10.4. The van der Waals surface area contributed by atoms with Gasteiger partial charge < -0.3 is 10.2 Å². The van der Waals surface area contributed by atoms with E-state index < -0.39 is 0 Å². The molecule has 6 heteroatoms. The van der Waals surface area contributed by atoms with Gasteiger partial charge in [-0.2, -0.15) is 0 Å². The summed E-state index contributed by atoms with van der Waals surface area (Å²) in [6, 6.07) is 3.45. The molecule has 0 aliphatic rings. The van der Waals surface area contributed by atoms with Crippen molar-refractivity contribution in [1.29, 1.82) is 0 Å². The second kappa shape index (κ2) is 3.80. The van der Waals surface area contributed by atoms with Gasteiger partial charge in [0.05, 0.1) is 5.69 Å². The Morgan fingerprint density at radius 3 is 2.81 bits per heavy atom. The lowest BCUT2D eigenvalue weighted by Crippen LogP contribution is -2.27. The summed E-state index contributed by atoms with van der Waals surface area (Å²) in [6.45, 7) is 1.86. The molecule has 0 radical (unpaired) electrons. The summed E-state index contributed by atoms with van der Waals surface area (Å²) in [4.78, 5) is 12.9. The number of nitrogens with one attached hydrogen (secondary N) is 1. The van der Waals surface area contributed by atoms with Crippen LogP contribution in [0.25, 0.3) is 5.65 Å². The van der Waals surface area contributed by atoms with E-state index >= 15 is 0 Å². The summed E-state index contributed by atoms with van der Waals surface area (Å²) >= 11 is 0. The molecule has 0 fully saturated rings. The maximum atomic E-state index is 11.4. The van der Waals surface area contributed by atoms with Crippen molar-refractivity contribution in [1.82, 2.24) is 19.5 Å². The van der Waals surface area contributed by atoms with Crippen LogP contribution in [-0.4, -0.2) is 39.6 Å². The SMILES string of the molecule is Cc1nnc2ccc(NC(=O)N(C)C)cn12. The fourth-order valence-electron chi connectivity index (χ4n) is 1.31. The first-order valence-electron chi connectivity index (χ1n) is 4.87. The van der Waals surface area contributed by atoms with E-state index in [9.17, 15) is 4.79 Å². The highest BCUT2D eigenvalue weighted by molar-refractivity contribution is 5.88. The van der Waals surface area contributed by atoms with Crippen molar-refractivity contribution in [3.8, 4) is 0 Å². The van der Waals surface area contributed by atoms with Crippen molar-refractivity contribution in [3.63, 3.8) is 0 Å². The van der Waals surface area contributed by atoms with Gasteiger partial charge in [-0.1, -0.05) is 0 Å². The number of hydrogen-bond acceptors (Lipinski definition) is 3. The third-order valence-electron chi connectivity index (χ3n) is 2.23. The van der Waals surface area contributed by atoms with Crippen LogP contribution in [0.15, 0.2) is 18.3 Å². The summed E-state index contributed by atoms with van der Waals surface area (Å²) in [5.74, 6) is 0.788. The maximum absolute atomic E-state index is 11.4. The third-order valence-corrected chi connectivity index (χ3v) is 2.23. The highest BCUT2D eigenvalue weighted by Crippen LogP contribution is 2.11. The van der Waals surface area contributed by atoms with E-state index in [2.05, 4.69) is 15.5 Å². The zero-order valence-corrected chi connectivity index (χ0v) is 9.43. The second-order valence-corrected chi connectivity index (χ2v) is 3.72. The quantitative estimate of drug-likeness (QED) is 0.782. The Hall–Kier alpha value is -2.11. The Kier molecular flexibility index (Phi) is 2.47. The zero-order chi connectivity index (χ0) is 11.7. The highest BCUT2D eigenvalue weighted by atomic mass is 16.2. The van der Waals surface area contributed by atoms with Gasteiger partial charge in [0.2, 0.25) is 0 Å². The zero-order valence-electron chi connectivity index (χ0n) is 9.43. The summed E-state index contributed by atoms with van der Waals surface area (Å²) in [7, 11) is 3.38. The van der Waals surface area contributed by atoms with Gasteiger partial charge in [0.1, 0.15) is 5.82 Å². The topological polar surface area (TPSA) is 62.5 Å². The molecule has 0 bridgehead atoms. The average Bonchev–Trinajstić information content (AvgIpc) is 2.60. The van der Waals surface area contributed by atoms with Crippen LogP contribution in [0.4, 0.5) is 10.5 Å². The molecular weight excluding hydrogens is 206 g/mol. The molecule has 2 rings (SSSR count). The second-order valence-electron chi connectivity index (χ2n) is 3.72. The first kappa shape index (κ1) is 10.4. The van der Waals surface area contributed by atoms with Crippen LogP contribution in [0, 0.1) is 6.92 Å². The van der Waals surface area contributed by atoms with Crippen molar-refractivity contribution in [2.45, 2.75) is 6.92 Å². The standard InChI is InChI=1S/C10H13N5O/c1-7-12-13-9-5-4-8(6-15(7)9)11-10(16)14(2)3/h4-6H,1-3H3,(H,11,16). The summed E-state index contributed by atoms with van der Waals surface area (Å²) < 4.78 is 1.82. The number of anilines is 1. The summed E-state index contributed by atoms with van der Waals surface area (Å²) in [5, 5.41) is 10.7. The molecule has 0 spiro atoms. The third kappa shape index (κ3) is 1.81. The number of fused-ring (bicyclic) bond motifs is 1. The van der Waals surface area contributed by atoms with Crippen molar-refractivity contribution in [2.24, 2.45) is 0 Å². The molecule has 0 unspecified atom stereocenters. The highest BCUT2D eigenvalue weighted by Gasteiger charge is 2.06. The van der Waals surface area contributed by atoms with Gasteiger partial charge in [0.15, 0.2) is 5.65 Å². The van der Waals surface area contributed by atoms with E-state index in [0.717, 1.165) is 11.5 Å². The minimum absolute atomic E-state index is 0.162. The van der Waals surface area contributed by atoms with E-state index in [1.807, 2.05) is 17.4 Å². The molecule has 0 aliphatic carbocycles. The molecule has 84 valence electrons. The molecule has 2 amide bonds. The van der Waals surface area contributed by atoms with Crippen LogP contribution in [0.2, 0.25) is 0 Å². The van der Waals surface area contributed by atoms with E-state index in [4.69, 9.17) is 0 Å². The smallest absolute Gasteiger partial charge is 0.321 e. The van der Waals surface area contributed by atoms with Gasteiger partial charge in [-0.15, -0.1) is 10.2 Å². The molecule has 16 heavy (non-hydrogen) atoms. The number of urea groups is 1. The first-order valence-corrected chi connectivity index (χ1v) is 4.87. The van der Waals surface area contributed by atoms with Crippen LogP contribution >= 0.6 is 0 Å². The van der Waals surface area contributed by atoms with E-state index in [0.29, 0.717) is 5.69 Å². The Morgan fingerprint density at radius 2 is 2.12 bits per heavy atom. The monoisotopic (exact) mass is 219 g/mol. The van der Waals surface area contributed by atoms with Crippen LogP contribution in [0.5, 0.6) is 0 Å². The van der Waals surface area contributed by atoms with Crippen molar-refractivity contribution in [2.75, 3.05) is 19.4 Å². The molecule has 2 aromatic heterocycles. The number of nitrogens with zero attached hydrogens (tertiary/aromatic N) is 4. The number of aromatic nitrogens is 3. The fourth-order valence-corrected chi connectivity index (χ4v) is 1.31. The van der Waals surface area contributed by atoms with Crippen LogP contribution in [0.1, 0.15) is 5.82 Å². The number of aryl methyl sites for hydroxylation is 1. The Labute approximate surface area is 92.9 Å². The molecule has 1 N–H and O–H groups in total. The van der Waals surface area contributed by atoms with Gasteiger partial charge >= 0.3 is 6.03 Å². The van der Waals surface area contributed by atoms with Gasteiger partial charge in [0, 0.05) is 20.3 Å². The van der Waals surface area contributed by atoms with Crippen LogP contribution < -0.4 is 5.32 Å². The molecular formula is C10H13N5O. The number of amides is 2. The molecule has 2 aromatic rings. The largest absolute Gasteiger partial charge is 0.331 e. The molecule has 0 atom stereocenters. The Bertz CT molecular complexity index is 531. The van der Waals surface area contributed by atoms with E-state index in [1.54, 1.807) is 26.4 Å². The normalized spacial score (nSPS) is 10.4. The van der Waals surface area contributed by atoms with Crippen LogP contribution in [-0.2, 0) is 0 Å². The fraction of sp³-hybridized carbons (Fsp3) is 0.300. The molecule has 6 nitrogen and oxygen atoms in total. The average molecular weight is 219 g/mol. The number of carbonyl (C=O) groups excluding carboxylic acids is 1. The van der Waals surface area contributed by atoms with Gasteiger partial charge in [-0.05, 0) is 19.1 Å². The molecule has 0 aromatic carbocycles. The summed E-state index contributed by atoms with van der Waals surface area (Å²) in [5.41, 5.74) is 1.48. The number of rotatable bonds is 1. The van der Waals surface area contributed by atoms with E-state index in [-0.39, 0.29) is 6.03 Å². The number of carbonyl (C=O) groups is 1. The lowest BCUT2D eigenvalue weighted by molar-refractivity contribution is 0.230. The number of hydrogen-bond donors (Lipinski definition) is 1. The lowest BCUT2D eigenvalue weighted by Gasteiger charge is -2.11. The van der Waals surface area contributed by atoms with Crippen molar-refractivity contribution < 1.29 is 4.79 Å². The van der Waals surface area contributed by atoms with Gasteiger partial charge in [-0.25, -0.2) is 4.79 Å². The van der Waals surface area contributed by atoms with Gasteiger partial charge in [-0.3, -0.25) is 4.40 Å². The molecule has 0 aliphatic heterocycles. The van der Waals surface area contributed by atoms with E-state index in [1.165, 1.54) is 4.90 Å². The van der Waals surface area contributed by atoms with Gasteiger partial charge in [0.25, 0.3) is 0 Å². The molecule has 0 saturated heterocycles. The molecule has 2 heterocycles. The summed E-state index contributed by atoms with van der Waals surface area (Å²) in [6.07, 6.45) is 1.80. The van der Waals surface area contributed by atoms with Crippen molar-refractivity contribution in [3.05, 3.63) is 24.2 Å². The predicted octanol–water partition coefficient (Wildman–Crippen LogP) is 1.13. The van der Waals surface area contributed by atoms with Crippen molar-refractivity contribution >= 4 is 17.4 Å². The maximum Gasteiger partial charge on any atom is 0.321 e. The minimum Gasteiger partial charge on any atom is -0.331 e. The predicted molar refractivity (Wildman–Crippen MR) is 60.4 cm³/mol. The first-order chi connectivity index (χ1) is 7.58. The molecule has 0 saturated carbocycles. The van der Waals surface area contributed by atoms with Crippen LogP contribution in [0.3, 0.4) is 0 Å². The minimum atomic E-state index is -0.162.